The van der Waals surface area contributed by atoms with Crippen LogP contribution in [0.25, 0.3) is 0 Å². The Hall–Kier alpha value is -4.42. The molecule has 1 aromatic carbocycles. The molecule has 0 radical (unpaired) electrons. The van der Waals surface area contributed by atoms with Crippen LogP contribution in [0.5, 0.6) is 0 Å². The van der Waals surface area contributed by atoms with Crippen LogP contribution >= 0.6 is 0 Å². The van der Waals surface area contributed by atoms with Gasteiger partial charge in [0.2, 0.25) is 17.6 Å². The number of carbonyl (C=O) groups is 6. The highest BCUT2D eigenvalue weighted by molar-refractivity contribution is 6.38. The number of amides is 6. The van der Waals surface area contributed by atoms with Gasteiger partial charge in [0.15, 0.2) is 0 Å². The number of fused-ring (bicyclic) bond motifs is 2. The number of carbonyl (C=O) groups excluding carboxylic acids is 6. The van der Waals surface area contributed by atoms with Crippen molar-refractivity contribution in [2.24, 2.45) is 28.6 Å². The minimum atomic E-state index is -1.05. The van der Waals surface area contributed by atoms with Crippen molar-refractivity contribution in [2.45, 2.75) is 118 Å². The first kappa shape index (κ1) is 41.3. The first-order chi connectivity index (χ1) is 24.9. The third kappa shape index (κ3) is 9.97. The normalized spacial score (nSPS) is 21.7. The first-order valence-electron chi connectivity index (χ1n) is 19.0. The van der Waals surface area contributed by atoms with E-state index in [0.29, 0.717) is 25.8 Å². The number of benzene rings is 1. The number of ketones is 1. The monoisotopic (exact) mass is 736 g/mol. The largest absolute Gasteiger partial charge is 0.447 e. The number of hydrogen-bond donors (Lipinski definition) is 5. The maximum absolute atomic E-state index is 14.8. The zero-order valence-corrected chi connectivity index (χ0v) is 32.7. The maximum atomic E-state index is 14.8. The molecule has 4 rings (SSSR count). The summed E-state index contributed by atoms with van der Waals surface area (Å²) in [5, 5.41) is 14.0. The summed E-state index contributed by atoms with van der Waals surface area (Å²) in [4.78, 5) is 82.6. The van der Waals surface area contributed by atoms with Crippen molar-refractivity contribution in [1.29, 1.82) is 0 Å². The van der Waals surface area contributed by atoms with Gasteiger partial charge in [0.05, 0.1) is 12.1 Å². The second-order valence-electron chi connectivity index (χ2n) is 16.8. The van der Waals surface area contributed by atoms with Crippen molar-refractivity contribution in [3.63, 3.8) is 0 Å². The summed E-state index contributed by atoms with van der Waals surface area (Å²) < 4.78 is 5.44. The Morgan fingerprint density at radius 3 is 2.21 bits per heavy atom. The number of urea groups is 1. The third-order valence-electron chi connectivity index (χ3n) is 11.1. The molecule has 2 fully saturated rings. The highest BCUT2D eigenvalue weighted by Crippen LogP contribution is 2.65. The average molecular weight is 737 g/mol. The van der Waals surface area contributed by atoms with Gasteiger partial charge in [0, 0.05) is 19.1 Å². The molecule has 1 heterocycles. The van der Waals surface area contributed by atoms with Gasteiger partial charge in [-0.3, -0.25) is 19.2 Å². The Balaban J connectivity index is 1.59. The zero-order chi connectivity index (χ0) is 39.2. The van der Waals surface area contributed by atoms with Gasteiger partial charge in [0.1, 0.15) is 18.7 Å². The fourth-order valence-corrected chi connectivity index (χ4v) is 7.83. The lowest BCUT2D eigenvalue weighted by Crippen LogP contribution is -2.61. The van der Waals surface area contributed by atoms with Crippen LogP contribution in [0.4, 0.5) is 9.59 Å². The van der Waals surface area contributed by atoms with Crippen LogP contribution in [0.2, 0.25) is 0 Å². The second-order valence-corrected chi connectivity index (χ2v) is 16.8. The lowest BCUT2D eigenvalue weighted by atomic mass is 9.87. The van der Waals surface area contributed by atoms with Gasteiger partial charge in [-0.25, -0.2) is 9.59 Å². The Bertz CT molecular complexity index is 1530. The molecular weight excluding hydrogens is 676 g/mol. The predicted octanol–water partition coefficient (Wildman–Crippen LogP) is 3.65. The van der Waals surface area contributed by atoms with Crippen molar-refractivity contribution in [3.05, 3.63) is 48.0 Å². The fourth-order valence-electron chi connectivity index (χ4n) is 7.83. The smallest absolute Gasteiger partial charge is 0.407 e. The number of hydrogen-bond acceptors (Lipinski definition) is 7. The molecule has 1 saturated heterocycles. The van der Waals surface area contributed by atoms with Gasteiger partial charge < -0.3 is 36.2 Å². The van der Waals surface area contributed by atoms with Crippen LogP contribution in [0.3, 0.4) is 0 Å². The molecule has 1 aromatic rings. The van der Waals surface area contributed by atoms with Crippen molar-refractivity contribution in [3.8, 4) is 0 Å². The number of nitrogens with one attached hydrogen (secondary N) is 5. The Labute approximate surface area is 314 Å². The van der Waals surface area contributed by atoms with Gasteiger partial charge in [-0.15, -0.1) is 6.58 Å². The first-order valence-corrected chi connectivity index (χ1v) is 19.0. The molecule has 0 spiro atoms. The van der Waals surface area contributed by atoms with Crippen LogP contribution < -0.4 is 26.6 Å². The van der Waals surface area contributed by atoms with Crippen LogP contribution in [-0.4, -0.2) is 90.4 Å². The van der Waals surface area contributed by atoms with Gasteiger partial charge in [-0.05, 0) is 72.8 Å². The molecule has 0 aromatic heterocycles. The summed E-state index contributed by atoms with van der Waals surface area (Å²) >= 11 is 0. The van der Waals surface area contributed by atoms with E-state index in [2.05, 4.69) is 47.0 Å². The maximum Gasteiger partial charge on any atom is 0.407 e. The molecule has 292 valence electrons. The molecule has 0 bridgehead atoms. The van der Waals surface area contributed by atoms with E-state index in [0.717, 1.165) is 17.5 Å². The molecule has 3 aliphatic rings. The number of rotatable bonds is 16. The fraction of sp³-hybridized carbons (Fsp3) is 0.650. The molecule has 1 saturated carbocycles. The van der Waals surface area contributed by atoms with E-state index in [1.54, 1.807) is 4.90 Å². The molecule has 6 amide bonds. The summed E-state index contributed by atoms with van der Waals surface area (Å²) in [6, 6.07) is 3.74. The zero-order valence-electron chi connectivity index (χ0n) is 32.7. The van der Waals surface area contributed by atoms with Crippen LogP contribution in [0.1, 0.15) is 85.8 Å². The Morgan fingerprint density at radius 2 is 1.64 bits per heavy atom. The van der Waals surface area contributed by atoms with E-state index >= 15 is 0 Å². The van der Waals surface area contributed by atoms with E-state index in [-0.39, 0.29) is 54.7 Å². The van der Waals surface area contributed by atoms with E-state index in [1.165, 1.54) is 6.08 Å². The lowest BCUT2D eigenvalue weighted by Gasteiger charge is -2.36. The van der Waals surface area contributed by atoms with Crippen molar-refractivity contribution in [2.75, 3.05) is 19.7 Å². The van der Waals surface area contributed by atoms with E-state index in [4.69, 9.17) is 4.74 Å². The van der Waals surface area contributed by atoms with Gasteiger partial charge >= 0.3 is 12.1 Å². The molecule has 6 atom stereocenters. The summed E-state index contributed by atoms with van der Waals surface area (Å²) in [5.41, 5.74) is 1.48. The summed E-state index contributed by atoms with van der Waals surface area (Å²) in [7, 11) is 0. The summed E-state index contributed by atoms with van der Waals surface area (Å²) in [6.45, 7) is 19.4. The number of nitrogens with zero attached hydrogens (tertiary/aromatic N) is 1. The molecule has 1 aliphatic heterocycles. The molecule has 2 aliphatic carbocycles. The quantitative estimate of drug-likeness (QED) is 0.127. The number of Topliss-reactive ketones (excluding diaryl/α,β-unsaturated/α-hetero) is 1. The molecular formula is C40H60N6O7. The number of ether oxygens (including phenoxy) is 1. The van der Waals surface area contributed by atoms with Crippen molar-refractivity contribution in [1.82, 2.24) is 31.5 Å². The lowest BCUT2D eigenvalue weighted by molar-refractivity contribution is -0.144. The number of unbranched alkanes of at least 4 members (excludes halogenated alkanes) is 1. The highest BCUT2D eigenvalue weighted by atomic mass is 16.5. The van der Waals surface area contributed by atoms with E-state index in [1.807, 2.05) is 65.8 Å². The summed E-state index contributed by atoms with van der Waals surface area (Å²) in [5.74, 6) is -2.78. The van der Waals surface area contributed by atoms with Crippen LogP contribution in [-0.2, 0) is 36.8 Å². The van der Waals surface area contributed by atoms with Crippen LogP contribution in [0, 0.1) is 28.6 Å². The Kier molecular flexibility index (Phi) is 13.4. The van der Waals surface area contributed by atoms with Gasteiger partial charge in [-0.1, -0.05) is 84.7 Å². The topological polar surface area (TPSA) is 175 Å². The SMILES string of the molecule is C=CCNC(=O)C(=O)C(CCCC)NC(=O)[C@@H]1C2C(CN1C(=O)[C@@H](NC(=O)N[C@H](COC(=O)NC(C)C)C(C)(C)C)C1Cc3ccccc3C1)C2(C)C. The average Bonchev–Trinajstić information content (AvgIpc) is 3.44. The predicted molar refractivity (Wildman–Crippen MR) is 202 cm³/mol. The molecule has 3 unspecified atom stereocenters. The third-order valence-corrected chi connectivity index (χ3v) is 11.1. The second kappa shape index (κ2) is 17.2. The highest BCUT2D eigenvalue weighted by Gasteiger charge is 2.69. The Morgan fingerprint density at radius 1 is 1.00 bits per heavy atom. The molecule has 13 heteroatoms. The minimum absolute atomic E-state index is 0.0533. The molecule has 53 heavy (non-hydrogen) atoms. The van der Waals surface area contributed by atoms with Gasteiger partial charge in [0.25, 0.3) is 5.91 Å². The van der Waals surface area contributed by atoms with E-state index in [9.17, 15) is 28.8 Å². The molecule has 13 nitrogen and oxygen atoms in total. The standard InChI is InChI=1S/C40H60N6O7/c1-10-12-17-28(33(47)35(49)41-18-11-2)43-34(48)32-30-27(40(30,8)9)21-46(32)36(50)31(26-19-24-15-13-14-16-25(24)20-26)45-37(51)44-29(39(5,6)7)22-53-38(52)42-23(3)4/h11,13-16,23,26-32H,2,10,12,17-22H2,1,3-9H3,(H,41,49)(H,42,52)(H,43,48)(H2,44,45,51)/t27?,28?,29-,30?,31+,32+/m1/s1. The van der Waals surface area contributed by atoms with Gasteiger partial charge in [-0.2, -0.15) is 0 Å². The minimum Gasteiger partial charge on any atom is -0.447 e. The van der Waals surface area contributed by atoms with Crippen LogP contribution in [0.15, 0.2) is 36.9 Å². The van der Waals surface area contributed by atoms with Crippen molar-refractivity contribution >= 4 is 35.6 Å². The summed E-state index contributed by atoms with van der Waals surface area (Å²) in [6.07, 6.45) is 3.65. The number of alkyl carbamates (subject to hydrolysis) is 1. The van der Waals surface area contributed by atoms with E-state index < -0.39 is 59.3 Å². The molecule has 5 N–H and O–H groups in total. The number of piperidine rings is 1. The number of likely N-dealkylation sites (tertiary alicyclic amines) is 1. The van der Waals surface area contributed by atoms with Crippen molar-refractivity contribution < 1.29 is 33.5 Å².